The van der Waals surface area contributed by atoms with E-state index < -0.39 is 0 Å². The summed E-state index contributed by atoms with van der Waals surface area (Å²) < 4.78 is 0. The highest BCUT2D eigenvalue weighted by Gasteiger charge is 2.15. The van der Waals surface area contributed by atoms with Crippen molar-refractivity contribution in [2.45, 2.75) is 32.1 Å². The molecule has 66 valence electrons. The molecule has 0 aromatic carbocycles. The first-order valence-corrected chi connectivity index (χ1v) is 5.38. The first kappa shape index (κ1) is 9.40. The Hall–Kier alpha value is 0.310. The fraction of sp³-hybridized carbons (Fsp3) is 1.00. The summed E-state index contributed by atoms with van der Waals surface area (Å²) >= 11 is 4.15. The smallest absolute Gasteiger partial charge is 0.00411 e. The van der Waals surface area contributed by atoms with Crippen molar-refractivity contribution in [1.29, 1.82) is 0 Å². The molecule has 0 atom stereocenters. The van der Waals surface area contributed by atoms with Crippen LogP contribution in [0.5, 0.6) is 0 Å². The maximum absolute atomic E-state index is 4.15. The van der Waals surface area contributed by atoms with Crippen LogP contribution < -0.4 is 5.32 Å². The van der Waals surface area contributed by atoms with Crippen LogP contribution in [0.2, 0.25) is 0 Å². The van der Waals surface area contributed by atoms with Gasteiger partial charge in [-0.25, -0.2) is 0 Å². The Morgan fingerprint density at radius 1 is 1.27 bits per heavy atom. The summed E-state index contributed by atoms with van der Waals surface area (Å²) in [4.78, 5) is 0. The summed E-state index contributed by atoms with van der Waals surface area (Å²) in [6, 6.07) is 0. The Labute approximate surface area is 75.4 Å². The molecular weight excluding hydrogens is 154 g/mol. The average Bonchev–Trinajstić information content (AvgIpc) is 1.93. The van der Waals surface area contributed by atoms with Crippen molar-refractivity contribution in [3.05, 3.63) is 0 Å². The second-order valence-electron chi connectivity index (χ2n) is 3.41. The molecule has 0 aliphatic heterocycles. The minimum absolute atomic E-state index is 1.01. The van der Waals surface area contributed by atoms with Gasteiger partial charge in [0.1, 0.15) is 0 Å². The zero-order chi connectivity index (χ0) is 7.94. The molecule has 1 fully saturated rings. The van der Waals surface area contributed by atoms with Gasteiger partial charge in [0.2, 0.25) is 0 Å². The van der Waals surface area contributed by atoms with E-state index in [2.05, 4.69) is 17.9 Å². The molecule has 0 aromatic heterocycles. The summed E-state index contributed by atoms with van der Waals surface area (Å²) in [5.41, 5.74) is 0. The van der Waals surface area contributed by atoms with Crippen molar-refractivity contribution in [1.82, 2.24) is 5.32 Å². The lowest BCUT2D eigenvalue weighted by Gasteiger charge is -2.25. The van der Waals surface area contributed by atoms with Gasteiger partial charge in [0, 0.05) is 0 Å². The van der Waals surface area contributed by atoms with Gasteiger partial charge >= 0.3 is 0 Å². The maximum Gasteiger partial charge on any atom is -0.00411 e. The quantitative estimate of drug-likeness (QED) is 0.463. The van der Waals surface area contributed by atoms with Crippen molar-refractivity contribution in [3.63, 3.8) is 0 Å². The third-order valence-electron chi connectivity index (χ3n) is 2.47. The van der Waals surface area contributed by atoms with Gasteiger partial charge in [-0.1, -0.05) is 19.3 Å². The normalized spacial score (nSPS) is 18.3. The zero-order valence-corrected chi connectivity index (χ0v) is 8.08. The topological polar surface area (TPSA) is 12.0 Å². The van der Waals surface area contributed by atoms with E-state index in [1.54, 1.807) is 0 Å². The molecule has 1 aliphatic rings. The van der Waals surface area contributed by atoms with E-state index in [-0.39, 0.29) is 0 Å². The summed E-state index contributed by atoms with van der Waals surface area (Å²) in [5, 5.41) is 3.44. The number of rotatable bonds is 6. The van der Waals surface area contributed by atoms with Gasteiger partial charge in [-0.2, -0.15) is 12.6 Å². The Kier molecular flexibility index (Phi) is 5.04. The third kappa shape index (κ3) is 4.02. The first-order chi connectivity index (χ1) is 5.43. The van der Waals surface area contributed by atoms with E-state index in [0.717, 1.165) is 18.2 Å². The number of nitrogens with one attached hydrogen (secondary N) is 1. The van der Waals surface area contributed by atoms with Gasteiger partial charge in [0.05, 0.1) is 0 Å². The van der Waals surface area contributed by atoms with Gasteiger partial charge in [-0.05, 0) is 37.6 Å². The standard InChI is InChI=1S/C9H19NS/c11-8-2-6-10-7-5-9-3-1-4-9/h9-11H,1-8H2. The van der Waals surface area contributed by atoms with E-state index in [9.17, 15) is 0 Å². The van der Waals surface area contributed by atoms with Crippen molar-refractivity contribution in [2.24, 2.45) is 5.92 Å². The van der Waals surface area contributed by atoms with Crippen LogP contribution in [-0.2, 0) is 0 Å². The molecule has 0 amide bonds. The predicted molar refractivity (Wildman–Crippen MR) is 53.3 cm³/mol. The van der Waals surface area contributed by atoms with Gasteiger partial charge < -0.3 is 5.32 Å². The van der Waals surface area contributed by atoms with Crippen LogP contribution >= 0.6 is 12.6 Å². The molecular formula is C9H19NS. The van der Waals surface area contributed by atoms with Crippen LogP contribution in [0.3, 0.4) is 0 Å². The fourth-order valence-corrected chi connectivity index (χ4v) is 1.57. The van der Waals surface area contributed by atoms with Crippen LogP contribution in [0, 0.1) is 5.92 Å². The molecule has 0 spiro atoms. The lowest BCUT2D eigenvalue weighted by Crippen LogP contribution is -2.22. The molecule has 0 heterocycles. The van der Waals surface area contributed by atoms with Gasteiger partial charge in [0.15, 0.2) is 0 Å². The molecule has 0 saturated heterocycles. The minimum Gasteiger partial charge on any atom is -0.317 e. The summed E-state index contributed by atoms with van der Waals surface area (Å²) in [6.07, 6.45) is 7.03. The minimum atomic E-state index is 1.01. The summed E-state index contributed by atoms with van der Waals surface area (Å²) in [7, 11) is 0. The first-order valence-electron chi connectivity index (χ1n) is 4.75. The highest BCUT2D eigenvalue weighted by molar-refractivity contribution is 7.80. The molecule has 0 unspecified atom stereocenters. The van der Waals surface area contributed by atoms with Gasteiger partial charge in [-0.15, -0.1) is 0 Å². The molecule has 0 aromatic rings. The van der Waals surface area contributed by atoms with Crippen LogP contribution in [-0.4, -0.2) is 18.8 Å². The average molecular weight is 173 g/mol. The number of hydrogen-bond acceptors (Lipinski definition) is 2. The zero-order valence-electron chi connectivity index (χ0n) is 7.18. The second kappa shape index (κ2) is 5.90. The van der Waals surface area contributed by atoms with Crippen LogP contribution in [0.25, 0.3) is 0 Å². The van der Waals surface area contributed by atoms with E-state index in [1.807, 2.05) is 0 Å². The Balaban J connectivity index is 1.73. The van der Waals surface area contributed by atoms with Gasteiger partial charge in [0.25, 0.3) is 0 Å². The highest BCUT2D eigenvalue weighted by atomic mass is 32.1. The van der Waals surface area contributed by atoms with Crippen LogP contribution in [0.4, 0.5) is 0 Å². The summed E-state index contributed by atoms with van der Waals surface area (Å²) in [5.74, 6) is 2.06. The third-order valence-corrected chi connectivity index (χ3v) is 2.78. The monoisotopic (exact) mass is 173 g/mol. The van der Waals surface area contributed by atoms with Crippen molar-refractivity contribution < 1.29 is 0 Å². The fourth-order valence-electron chi connectivity index (χ4n) is 1.42. The predicted octanol–water partition coefficient (Wildman–Crippen LogP) is 2.09. The molecule has 1 rings (SSSR count). The van der Waals surface area contributed by atoms with Crippen LogP contribution in [0.15, 0.2) is 0 Å². The molecule has 1 aliphatic carbocycles. The van der Waals surface area contributed by atoms with E-state index in [4.69, 9.17) is 0 Å². The molecule has 11 heavy (non-hydrogen) atoms. The molecule has 1 saturated carbocycles. The SMILES string of the molecule is SCCCNCCC1CCC1. The Morgan fingerprint density at radius 2 is 2.09 bits per heavy atom. The molecule has 2 heteroatoms. The Bertz CT molecular complexity index is 91.6. The van der Waals surface area contributed by atoms with E-state index in [1.165, 1.54) is 38.6 Å². The lowest BCUT2D eigenvalue weighted by atomic mass is 9.83. The highest BCUT2D eigenvalue weighted by Crippen LogP contribution is 2.28. The molecule has 0 radical (unpaired) electrons. The largest absolute Gasteiger partial charge is 0.317 e. The molecule has 1 nitrogen and oxygen atoms in total. The lowest BCUT2D eigenvalue weighted by molar-refractivity contribution is 0.292. The van der Waals surface area contributed by atoms with Gasteiger partial charge in [-0.3, -0.25) is 0 Å². The van der Waals surface area contributed by atoms with Crippen molar-refractivity contribution >= 4 is 12.6 Å². The second-order valence-corrected chi connectivity index (χ2v) is 3.86. The van der Waals surface area contributed by atoms with E-state index >= 15 is 0 Å². The number of hydrogen-bond donors (Lipinski definition) is 2. The molecule has 1 N–H and O–H groups in total. The van der Waals surface area contributed by atoms with Crippen LogP contribution in [0.1, 0.15) is 32.1 Å². The van der Waals surface area contributed by atoms with E-state index in [0.29, 0.717) is 0 Å². The van der Waals surface area contributed by atoms with Crippen molar-refractivity contribution in [3.8, 4) is 0 Å². The number of thiol groups is 1. The summed E-state index contributed by atoms with van der Waals surface area (Å²) in [6.45, 7) is 2.37. The maximum atomic E-state index is 4.15. The molecule has 0 bridgehead atoms. The van der Waals surface area contributed by atoms with Crippen molar-refractivity contribution in [2.75, 3.05) is 18.8 Å². The Morgan fingerprint density at radius 3 is 2.64 bits per heavy atom.